The van der Waals surface area contributed by atoms with Crippen LogP contribution < -0.4 is 0 Å². The summed E-state index contributed by atoms with van der Waals surface area (Å²) < 4.78 is 0.961. The third-order valence-electron chi connectivity index (χ3n) is 2.65. The van der Waals surface area contributed by atoms with Gasteiger partial charge in [-0.05, 0) is 0 Å². The molecule has 0 aliphatic carbocycles. The minimum absolute atomic E-state index is 0.208. The Balaban J connectivity index is 2.53. The van der Waals surface area contributed by atoms with Crippen LogP contribution in [0.5, 0.6) is 0 Å². The molecule has 0 saturated heterocycles. The van der Waals surface area contributed by atoms with Crippen LogP contribution in [0.4, 0.5) is 0 Å². The van der Waals surface area contributed by atoms with Crippen molar-refractivity contribution < 1.29 is 4.79 Å². The Hall–Kier alpha value is -1.11. The van der Waals surface area contributed by atoms with Gasteiger partial charge in [0.15, 0.2) is 0 Å². The minimum atomic E-state index is 0.208. The van der Waals surface area contributed by atoms with Crippen LogP contribution in [-0.2, 0) is 0 Å². The monoisotopic (exact) mass is 278 g/mol. The van der Waals surface area contributed by atoms with Crippen LogP contribution in [0, 0.1) is 20.8 Å². The molecule has 0 amide bonds. The van der Waals surface area contributed by atoms with Gasteiger partial charge >= 0.3 is 102 Å². The molecular formula is C14H14OSe. The molecule has 1 aromatic carbocycles. The zero-order valence-corrected chi connectivity index (χ0v) is 11.4. The molecule has 2 rings (SSSR count). The molecule has 0 unspecified atom stereocenters. The second kappa shape index (κ2) is 4.40. The van der Waals surface area contributed by atoms with Gasteiger partial charge in [-0.2, -0.15) is 0 Å². The normalized spacial score (nSPS) is 10.4. The zero-order chi connectivity index (χ0) is 11.7. The summed E-state index contributed by atoms with van der Waals surface area (Å²) in [5.41, 5.74) is 4.29. The van der Waals surface area contributed by atoms with E-state index in [4.69, 9.17) is 0 Å². The van der Waals surface area contributed by atoms with Crippen LogP contribution >= 0.6 is 0 Å². The van der Waals surface area contributed by atoms with E-state index in [0.717, 1.165) is 21.1 Å². The third-order valence-corrected chi connectivity index (χ3v) is 4.47. The fourth-order valence-corrected chi connectivity index (χ4v) is 3.47. The number of aryl methyl sites for hydroxylation is 3. The molecule has 0 fully saturated rings. The summed E-state index contributed by atoms with van der Waals surface area (Å²) >= 11 is 0.223. The molecule has 2 aromatic rings. The predicted octanol–water partition coefficient (Wildman–Crippen LogP) is 2.90. The van der Waals surface area contributed by atoms with E-state index in [2.05, 4.69) is 24.0 Å². The Labute approximate surface area is 102 Å². The molecule has 0 N–H and O–H groups in total. The molecule has 0 radical (unpaired) electrons. The first-order valence-electron chi connectivity index (χ1n) is 5.25. The van der Waals surface area contributed by atoms with Crippen molar-refractivity contribution in [1.82, 2.24) is 0 Å². The molecule has 0 atom stereocenters. The number of benzene rings is 1. The van der Waals surface area contributed by atoms with Crippen molar-refractivity contribution in [3.8, 4) is 0 Å². The predicted molar refractivity (Wildman–Crippen MR) is 67.5 cm³/mol. The summed E-state index contributed by atoms with van der Waals surface area (Å²) in [5, 5.41) is 0. The van der Waals surface area contributed by atoms with Gasteiger partial charge in [-0.15, -0.1) is 0 Å². The summed E-state index contributed by atoms with van der Waals surface area (Å²) in [6, 6.07) is 8.08. The van der Waals surface area contributed by atoms with Gasteiger partial charge in [-0.1, -0.05) is 0 Å². The molecule has 82 valence electrons. The first-order chi connectivity index (χ1) is 7.59. The number of rotatable bonds is 2. The van der Waals surface area contributed by atoms with Crippen LogP contribution in [-0.4, -0.2) is 20.3 Å². The number of ketones is 1. The fourth-order valence-electron chi connectivity index (χ4n) is 2.07. The molecular weight excluding hydrogens is 263 g/mol. The van der Waals surface area contributed by atoms with E-state index in [1.54, 1.807) is 0 Å². The van der Waals surface area contributed by atoms with Gasteiger partial charge in [0, 0.05) is 0 Å². The second-order valence-electron chi connectivity index (χ2n) is 4.08. The summed E-state index contributed by atoms with van der Waals surface area (Å²) in [7, 11) is 0. The van der Waals surface area contributed by atoms with Crippen molar-refractivity contribution in [2.75, 3.05) is 0 Å². The van der Waals surface area contributed by atoms with Crippen LogP contribution in [0.3, 0.4) is 0 Å². The maximum absolute atomic E-state index is 12.3. The topological polar surface area (TPSA) is 17.1 Å². The summed E-state index contributed by atoms with van der Waals surface area (Å²) in [6.07, 6.45) is 0. The fraction of sp³-hybridized carbons (Fsp3) is 0.214. The number of carbonyl (C=O) groups excluding carboxylic acids is 1. The SMILES string of the molecule is Cc1cc(C)c(C(=O)c2ccc[se]2)c(C)c1. The van der Waals surface area contributed by atoms with Gasteiger partial charge in [-0.25, -0.2) is 0 Å². The maximum atomic E-state index is 12.3. The van der Waals surface area contributed by atoms with Crippen LogP contribution in [0.1, 0.15) is 31.5 Å². The Bertz CT molecular complexity index is 501. The Morgan fingerprint density at radius 1 is 1.12 bits per heavy atom. The summed E-state index contributed by atoms with van der Waals surface area (Å²) in [6.45, 7) is 6.10. The third kappa shape index (κ3) is 2.04. The Morgan fingerprint density at radius 2 is 1.75 bits per heavy atom. The zero-order valence-electron chi connectivity index (χ0n) is 9.70. The van der Waals surface area contributed by atoms with Gasteiger partial charge in [0.2, 0.25) is 0 Å². The number of carbonyl (C=O) groups is 1. The quantitative estimate of drug-likeness (QED) is 0.609. The Kier molecular flexibility index (Phi) is 3.13. The van der Waals surface area contributed by atoms with Crippen LogP contribution in [0.25, 0.3) is 0 Å². The van der Waals surface area contributed by atoms with Gasteiger partial charge in [0.05, 0.1) is 0 Å². The molecule has 0 aliphatic heterocycles. The van der Waals surface area contributed by atoms with E-state index in [0.29, 0.717) is 0 Å². The molecule has 0 aliphatic rings. The summed E-state index contributed by atoms with van der Waals surface area (Å²) in [4.78, 5) is 14.4. The van der Waals surface area contributed by atoms with Crippen molar-refractivity contribution in [2.45, 2.75) is 20.8 Å². The van der Waals surface area contributed by atoms with Crippen molar-refractivity contribution in [2.24, 2.45) is 0 Å². The van der Waals surface area contributed by atoms with Gasteiger partial charge in [-0.3, -0.25) is 0 Å². The van der Waals surface area contributed by atoms with Crippen molar-refractivity contribution in [3.63, 3.8) is 0 Å². The van der Waals surface area contributed by atoms with Crippen LogP contribution in [0.15, 0.2) is 29.2 Å². The van der Waals surface area contributed by atoms with Crippen LogP contribution in [0.2, 0.25) is 0 Å². The van der Waals surface area contributed by atoms with Crippen molar-refractivity contribution >= 4 is 20.3 Å². The molecule has 0 spiro atoms. The van der Waals surface area contributed by atoms with Crippen molar-refractivity contribution in [1.29, 1.82) is 0 Å². The van der Waals surface area contributed by atoms with Gasteiger partial charge in [0.1, 0.15) is 0 Å². The van der Waals surface area contributed by atoms with E-state index in [-0.39, 0.29) is 20.3 Å². The molecule has 2 heteroatoms. The average Bonchev–Trinajstić information content (AvgIpc) is 2.67. The molecule has 0 bridgehead atoms. The van der Waals surface area contributed by atoms with E-state index < -0.39 is 0 Å². The number of hydrogen-bond acceptors (Lipinski definition) is 1. The van der Waals surface area contributed by atoms with E-state index >= 15 is 0 Å². The average molecular weight is 277 g/mol. The van der Waals surface area contributed by atoms with E-state index in [1.807, 2.05) is 26.0 Å². The molecule has 1 nitrogen and oxygen atoms in total. The van der Waals surface area contributed by atoms with Crippen molar-refractivity contribution in [3.05, 3.63) is 55.9 Å². The summed E-state index contributed by atoms with van der Waals surface area (Å²) in [5.74, 6) is 0.208. The standard InChI is InChI=1S/C14H14OSe/c1-9-7-10(2)13(11(3)8-9)14(15)12-5-4-6-16-12/h4-8H,1-3H3. The molecule has 1 aromatic heterocycles. The molecule has 0 saturated carbocycles. The van der Waals surface area contributed by atoms with Gasteiger partial charge in [0.25, 0.3) is 0 Å². The second-order valence-corrected chi connectivity index (χ2v) is 6.07. The first kappa shape index (κ1) is 11.4. The van der Waals surface area contributed by atoms with E-state index in [1.165, 1.54) is 5.56 Å². The molecule has 1 heterocycles. The molecule has 16 heavy (non-hydrogen) atoms. The first-order valence-corrected chi connectivity index (χ1v) is 7.10. The van der Waals surface area contributed by atoms with Gasteiger partial charge < -0.3 is 0 Å². The van der Waals surface area contributed by atoms with E-state index in [9.17, 15) is 4.79 Å². The number of hydrogen-bond donors (Lipinski definition) is 0. The Morgan fingerprint density at radius 3 is 2.25 bits per heavy atom.